The van der Waals surface area contributed by atoms with Crippen LogP contribution < -0.4 is 0 Å². The number of piperidine rings is 1. The molecule has 1 atom stereocenters. The molecule has 4 aromatic rings. The number of carboxylic acid groups (broad SMARTS) is 1. The highest BCUT2D eigenvalue weighted by molar-refractivity contribution is 7.97. The van der Waals surface area contributed by atoms with Gasteiger partial charge in [0.1, 0.15) is 6.04 Å². The van der Waals surface area contributed by atoms with Gasteiger partial charge < -0.3 is 5.11 Å². The van der Waals surface area contributed by atoms with E-state index >= 15 is 0 Å². The quantitative estimate of drug-likeness (QED) is 0.311. The lowest BCUT2D eigenvalue weighted by Crippen LogP contribution is -2.40. The standard InChI is InChI=1S/C28H23N3O2S/c32-28(33)27-3-1-2-18-31(27)34-24-13-8-21(9-14-24)5-4-20-6-10-22(11-7-20)25-15-12-23-19-29-17-16-26(23)30-25/h6-17,19,27H,1-3,18H2,(H,32,33). The molecule has 1 saturated heterocycles. The van der Waals surface area contributed by atoms with Crippen LogP contribution in [-0.2, 0) is 4.79 Å². The molecule has 0 aliphatic carbocycles. The van der Waals surface area contributed by atoms with Gasteiger partial charge in [-0.3, -0.25) is 9.78 Å². The molecule has 3 heterocycles. The van der Waals surface area contributed by atoms with Crippen LogP contribution in [0.2, 0.25) is 0 Å². The molecule has 1 unspecified atom stereocenters. The molecule has 1 N–H and O–H groups in total. The van der Waals surface area contributed by atoms with E-state index in [9.17, 15) is 9.90 Å². The monoisotopic (exact) mass is 465 g/mol. The highest BCUT2D eigenvalue weighted by Gasteiger charge is 2.29. The zero-order chi connectivity index (χ0) is 23.3. The summed E-state index contributed by atoms with van der Waals surface area (Å²) in [4.78, 5) is 21.4. The number of carbonyl (C=O) groups is 1. The van der Waals surface area contributed by atoms with E-state index in [0.717, 1.165) is 57.6 Å². The van der Waals surface area contributed by atoms with Crippen molar-refractivity contribution in [2.24, 2.45) is 0 Å². The summed E-state index contributed by atoms with van der Waals surface area (Å²) in [6.07, 6.45) is 6.28. The van der Waals surface area contributed by atoms with Gasteiger partial charge in [0.25, 0.3) is 0 Å². The van der Waals surface area contributed by atoms with Gasteiger partial charge in [0.15, 0.2) is 0 Å². The number of aliphatic carboxylic acids is 1. The van der Waals surface area contributed by atoms with Crippen molar-refractivity contribution >= 4 is 28.8 Å². The fourth-order valence-electron chi connectivity index (χ4n) is 3.99. The third-order valence-corrected chi connectivity index (χ3v) is 6.99. The van der Waals surface area contributed by atoms with Crippen molar-refractivity contribution in [3.63, 3.8) is 0 Å². The summed E-state index contributed by atoms with van der Waals surface area (Å²) in [5.41, 5.74) is 4.75. The van der Waals surface area contributed by atoms with Gasteiger partial charge in [-0.15, -0.1) is 0 Å². The van der Waals surface area contributed by atoms with Crippen LogP contribution in [-0.4, -0.2) is 37.9 Å². The molecule has 1 fully saturated rings. The fourth-order valence-corrected chi connectivity index (χ4v) is 5.06. The number of hydrogen-bond acceptors (Lipinski definition) is 5. The molecule has 34 heavy (non-hydrogen) atoms. The Labute approximate surface area is 203 Å². The first-order valence-electron chi connectivity index (χ1n) is 11.3. The minimum Gasteiger partial charge on any atom is -0.480 e. The number of hydrogen-bond donors (Lipinski definition) is 1. The zero-order valence-electron chi connectivity index (χ0n) is 18.5. The molecular formula is C28H23N3O2S. The summed E-state index contributed by atoms with van der Waals surface area (Å²) in [6.45, 7) is 0.797. The minimum atomic E-state index is -0.741. The van der Waals surface area contributed by atoms with Gasteiger partial charge in [-0.25, -0.2) is 9.29 Å². The van der Waals surface area contributed by atoms with E-state index < -0.39 is 12.0 Å². The molecule has 5 rings (SSSR count). The smallest absolute Gasteiger partial charge is 0.321 e. The van der Waals surface area contributed by atoms with E-state index in [-0.39, 0.29) is 0 Å². The first-order chi connectivity index (χ1) is 16.7. The van der Waals surface area contributed by atoms with Crippen LogP contribution in [0.5, 0.6) is 0 Å². The molecule has 2 aromatic heterocycles. The topological polar surface area (TPSA) is 66.3 Å². The average Bonchev–Trinajstić information content (AvgIpc) is 2.88. The van der Waals surface area contributed by atoms with Crippen LogP contribution in [0.4, 0.5) is 0 Å². The molecule has 0 radical (unpaired) electrons. The number of nitrogens with zero attached hydrogens (tertiary/aromatic N) is 3. The Morgan fingerprint density at radius 1 is 0.941 bits per heavy atom. The maximum absolute atomic E-state index is 11.5. The normalized spacial score (nSPS) is 16.1. The van der Waals surface area contributed by atoms with Crippen LogP contribution in [0.3, 0.4) is 0 Å². The first-order valence-corrected chi connectivity index (χ1v) is 12.0. The molecular weight excluding hydrogens is 442 g/mol. The van der Waals surface area contributed by atoms with Gasteiger partial charge in [0, 0.05) is 45.9 Å². The lowest BCUT2D eigenvalue weighted by Gasteiger charge is -2.31. The summed E-state index contributed by atoms with van der Waals surface area (Å²) in [5, 5.41) is 10.5. The third-order valence-electron chi connectivity index (χ3n) is 5.84. The number of benzene rings is 2. The van der Waals surface area contributed by atoms with Crippen molar-refractivity contribution in [2.75, 3.05) is 6.54 Å². The fraction of sp³-hybridized carbons (Fsp3) is 0.179. The molecule has 0 saturated carbocycles. The third kappa shape index (κ3) is 5.12. The Balaban J connectivity index is 1.25. The summed E-state index contributed by atoms with van der Waals surface area (Å²) in [5.74, 6) is 5.69. The van der Waals surface area contributed by atoms with E-state index in [1.54, 1.807) is 6.20 Å². The van der Waals surface area contributed by atoms with Gasteiger partial charge in [0.05, 0.1) is 11.2 Å². The molecule has 1 aliphatic rings. The average molecular weight is 466 g/mol. The number of pyridine rings is 2. The van der Waals surface area contributed by atoms with Crippen LogP contribution in [0.1, 0.15) is 30.4 Å². The highest BCUT2D eigenvalue weighted by Crippen LogP contribution is 2.30. The largest absolute Gasteiger partial charge is 0.480 e. The van der Waals surface area contributed by atoms with Gasteiger partial charge in [-0.2, -0.15) is 0 Å². The van der Waals surface area contributed by atoms with Crippen molar-refractivity contribution in [3.05, 3.63) is 90.3 Å². The SMILES string of the molecule is O=C(O)C1CCCCN1Sc1ccc(C#Cc2ccc(-c3ccc4cnccc4n3)cc2)cc1. The van der Waals surface area contributed by atoms with Crippen LogP contribution in [0, 0.1) is 11.8 Å². The Hall–Kier alpha value is -3.66. The second-order valence-electron chi connectivity index (χ2n) is 8.20. The highest BCUT2D eigenvalue weighted by atomic mass is 32.2. The van der Waals surface area contributed by atoms with E-state index in [0.29, 0.717) is 6.42 Å². The maximum atomic E-state index is 11.5. The van der Waals surface area contributed by atoms with Crippen molar-refractivity contribution in [1.82, 2.24) is 14.3 Å². The van der Waals surface area contributed by atoms with Crippen LogP contribution >= 0.6 is 11.9 Å². The van der Waals surface area contributed by atoms with Crippen molar-refractivity contribution in [3.8, 4) is 23.1 Å². The van der Waals surface area contributed by atoms with Crippen molar-refractivity contribution in [1.29, 1.82) is 0 Å². The Kier molecular flexibility index (Phi) is 6.57. The maximum Gasteiger partial charge on any atom is 0.321 e. The van der Waals surface area contributed by atoms with Crippen molar-refractivity contribution < 1.29 is 9.90 Å². The first kappa shape index (κ1) is 22.1. The Morgan fingerprint density at radius 2 is 1.68 bits per heavy atom. The van der Waals surface area contributed by atoms with Gasteiger partial charge in [-0.05, 0) is 85.8 Å². The predicted molar refractivity (Wildman–Crippen MR) is 135 cm³/mol. The zero-order valence-corrected chi connectivity index (χ0v) is 19.3. The molecule has 6 heteroatoms. The van der Waals surface area contributed by atoms with E-state index in [2.05, 4.69) is 16.8 Å². The van der Waals surface area contributed by atoms with Gasteiger partial charge >= 0.3 is 5.97 Å². The van der Waals surface area contributed by atoms with Gasteiger partial charge in [-0.1, -0.05) is 24.0 Å². The van der Waals surface area contributed by atoms with Crippen LogP contribution in [0.25, 0.3) is 22.2 Å². The van der Waals surface area contributed by atoms with E-state index in [1.165, 1.54) is 11.9 Å². The molecule has 0 amide bonds. The molecule has 5 nitrogen and oxygen atoms in total. The molecule has 168 valence electrons. The summed E-state index contributed by atoms with van der Waals surface area (Å²) >= 11 is 1.52. The summed E-state index contributed by atoms with van der Waals surface area (Å²) < 4.78 is 1.98. The second-order valence-corrected chi connectivity index (χ2v) is 9.32. The van der Waals surface area contributed by atoms with Crippen molar-refractivity contribution in [2.45, 2.75) is 30.2 Å². The lowest BCUT2D eigenvalue weighted by molar-refractivity contribution is -0.142. The minimum absolute atomic E-state index is 0.414. The molecule has 0 bridgehead atoms. The summed E-state index contributed by atoms with van der Waals surface area (Å²) in [7, 11) is 0. The summed E-state index contributed by atoms with van der Waals surface area (Å²) in [6, 6.07) is 21.6. The number of aromatic nitrogens is 2. The molecule has 1 aliphatic heterocycles. The Morgan fingerprint density at radius 3 is 2.41 bits per heavy atom. The Bertz CT molecular complexity index is 1370. The van der Waals surface area contributed by atoms with E-state index in [4.69, 9.17) is 4.98 Å². The number of carboxylic acids is 1. The van der Waals surface area contributed by atoms with E-state index in [1.807, 2.05) is 77.2 Å². The molecule has 2 aromatic carbocycles. The van der Waals surface area contributed by atoms with Gasteiger partial charge in [0.2, 0.25) is 0 Å². The predicted octanol–water partition coefficient (Wildman–Crippen LogP) is 5.64. The number of rotatable bonds is 4. The van der Waals surface area contributed by atoms with Crippen LogP contribution in [0.15, 0.2) is 84.0 Å². The lowest BCUT2D eigenvalue weighted by atomic mass is 10.1. The second kappa shape index (κ2) is 10.1. The molecule has 0 spiro atoms. The number of fused-ring (bicyclic) bond motifs is 1.